The lowest BCUT2D eigenvalue weighted by Crippen LogP contribution is -2.38. The Morgan fingerprint density at radius 1 is 1.47 bits per heavy atom. The first-order chi connectivity index (χ1) is 9.04. The van der Waals surface area contributed by atoms with Gasteiger partial charge in [0.05, 0.1) is 12.3 Å². The molecule has 0 spiro atoms. The number of methoxy groups -OCH3 is 1. The van der Waals surface area contributed by atoms with Crippen molar-refractivity contribution in [3.63, 3.8) is 0 Å². The second kappa shape index (κ2) is 6.20. The van der Waals surface area contributed by atoms with Gasteiger partial charge in [-0.25, -0.2) is 4.98 Å². The maximum absolute atomic E-state index is 5.04. The van der Waals surface area contributed by atoms with E-state index in [-0.39, 0.29) is 5.54 Å². The molecule has 0 amide bonds. The fourth-order valence-electron chi connectivity index (χ4n) is 2.53. The molecule has 0 bridgehead atoms. The molecular weight excluding hydrogens is 258 g/mol. The highest BCUT2D eigenvalue weighted by molar-refractivity contribution is 7.15. The Balaban J connectivity index is 2.00. The van der Waals surface area contributed by atoms with Crippen LogP contribution >= 0.6 is 11.3 Å². The molecule has 1 N–H and O–H groups in total. The molecule has 4 nitrogen and oxygen atoms in total. The van der Waals surface area contributed by atoms with E-state index in [1.807, 2.05) is 11.3 Å². The van der Waals surface area contributed by atoms with Crippen LogP contribution < -0.4 is 10.2 Å². The Labute approximate surface area is 120 Å². The molecule has 2 rings (SSSR count). The lowest BCUT2D eigenvalue weighted by Gasteiger charge is -2.31. The summed E-state index contributed by atoms with van der Waals surface area (Å²) in [6.45, 7) is 10.4. The highest BCUT2D eigenvalue weighted by Crippen LogP contribution is 2.36. The van der Waals surface area contributed by atoms with Gasteiger partial charge in [-0.05, 0) is 33.6 Å². The Bertz CT molecular complexity index is 417. The third-order valence-electron chi connectivity index (χ3n) is 3.78. The first-order valence-corrected chi connectivity index (χ1v) is 7.80. The number of hydrogen-bond donors (Lipinski definition) is 1. The van der Waals surface area contributed by atoms with Gasteiger partial charge in [-0.3, -0.25) is 0 Å². The predicted molar refractivity (Wildman–Crippen MR) is 81.1 cm³/mol. The van der Waals surface area contributed by atoms with Crippen LogP contribution in [0.5, 0.6) is 0 Å². The van der Waals surface area contributed by atoms with Crippen LogP contribution in [0.4, 0.5) is 5.13 Å². The van der Waals surface area contributed by atoms with Crippen molar-refractivity contribution in [1.82, 2.24) is 10.3 Å². The zero-order valence-corrected chi connectivity index (χ0v) is 13.3. The third-order valence-corrected chi connectivity index (χ3v) is 4.96. The van der Waals surface area contributed by atoms with Crippen molar-refractivity contribution in [1.29, 1.82) is 0 Å². The lowest BCUT2D eigenvalue weighted by molar-refractivity contribution is 0.199. The summed E-state index contributed by atoms with van der Waals surface area (Å²) >= 11 is 1.83. The number of thiazole rings is 1. The fourth-order valence-corrected chi connectivity index (χ4v) is 3.75. The molecule has 0 unspecified atom stereocenters. The second-order valence-electron chi connectivity index (χ2n) is 5.74. The van der Waals surface area contributed by atoms with E-state index in [1.165, 1.54) is 22.9 Å². The third kappa shape index (κ3) is 3.46. The molecule has 1 aliphatic rings. The van der Waals surface area contributed by atoms with Gasteiger partial charge in [-0.2, -0.15) is 0 Å². The number of nitrogens with one attached hydrogen (secondary N) is 1. The van der Waals surface area contributed by atoms with Gasteiger partial charge in [-0.1, -0.05) is 0 Å². The van der Waals surface area contributed by atoms with Gasteiger partial charge in [0.2, 0.25) is 0 Å². The van der Waals surface area contributed by atoms with Gasteiger partial charge >= 0.3 is 0 Å². The highest BCUT2D eigenvalue weighted by Gasteiger charge is 2.33. The van der Waals surface area contributed by atoms with Crippen LogP contribution in [0.15, 0.2) is 0 Å². The van der Waals surface area contributed by atoms with Crippen LogP contribution in [0.2, 0.25) is 0 Å². The smallest absolute Gasteiger partial charge is 0.186 e. The average Bonchev–Trinajstić information content (AvgIpc) is 2.88. The molecule has 0 aromatic carbocycles. The Kier molecular flexibility index (Phi) is 4.81. The minimum Gasteiger partial charge on any atom is -0.383 e. The minimum absolute atomic E-state index is 0.255. The number of aryl methyl sites for hydroxylation is 1. The van der Waals surface area contributed by atoms with Crippen LogP contribution in [0, 0.1) is 6.92 Å². The average molecular weight is 283 g/mol. The predicted octanol–water partition coefficient (Wildman–Crippen LogP) is 2.57. The number of rotatable bonds is 6. The molecule has 0 aliphatic carbocycles. The monoisotopic (exact) mass is 283 g/mol. The van der Waals surface area contributed by atoms with Crippen molar-refractivity contribution in [2.75, 3.05) is 31.7 Å². The summed E-state index contributed by atoms with van der Waals surface area (Å²) in [4.78, 5) is 8.56. The Morgan fingerprint density at radius 2 is 2.26 bits per heavy atom. The van der Waals surface area contributed by atoms with Crippen LogP contribution in [0.1, 0.15) is 37.3 Å². The Morgan fingerprint density at radius 3 is 2.89 bits per heavy atom. The van der Waals surface area contributed by atoms with E-state index in [1.54, 1.807) is 7.11 Å². The van der Waals surface area contributed by atoms with E-state index < -0.39 is 0 Å². The standard InChI is InChI=1S/C14H25N3OS/c1-11-12(10-15-7-9-18-4)19-13(16-11)17-8-5-6-14(17,2)3/h15H,5-10H2,1-4H3. The number of ether oxygens (including phenoxy) is 1. The molecule has 1 aromatic heterocycles. The highest BCUT2D eigenvalue weighted by atomic mass is 32.1. The molecule has 108 valence electrons. The normalized spacial score (nSPS) is 18.2. The molecule has 0 radical (unpaired) electrons. The Hall–Kier alpha value is -0.650. The van der Waals surface area contributed by atoms with Crippen molar-refractivity contribution < 1.29 is 4.74 Å². The molecule has 5 heteroatoms. The zero-order valence-electron chi connectivity index (χ0n) is 12.5. The summed E-state index contributed by atoms with van der Waals surface area (Å²) in [7, 11) is 1.73. The molecular formula is C14H25N3OS. The number of hydrogen-bond acceptors (Lipinski definition) is 5. The van der Waals surface area contributed by atoms with Crippen LogP contribution in [0.25, 0.3) is 0 Å². The van der Waals surface area contributed by atoms with E-state index >= 15 is 0 Å². The molecule has 1 aliphatic heterocycles. The first kappa shape index (κ1) is 14.8. The quantitative estimate of drug-likeness (QED) is 0.814. The molecule has 0 saturated carbocycles. The van der Waals surface area contributed by atoms with Gasteiger partial charge in [0.25, 0.3) is 0 Å². The van der Waals surface area contributed by atoms with Crippen molar-refractivity contribution >= 4 is 16.5 Å². The van der Waals surface area contributed by atoms with Gasteiger partial charge in [-0.15, -0.1) is 11.3 Å². The fraction of sp³-hybridized carbons (Fsp3) is 0.786. The van der Waals surface area contributed by atoms with E-state index in [4.69, 9.17) is 9.72 Å². The maximum atomic E-state index is 5.04. The molecule has 0 atom stereocenters. The van der Waals surface area contributed by atoms with Crippen molar-refractivity contribution in [3.05, 3.63) is 10.6 Å². The summed E-state index contributed by atoms with van der Waals surface area (Å²) in [6, 6.07) is 0. The number of aromatic nitrogens is 1. The minimum atomic E-state index is 0.255. The van der Waals surface area contributed by atoms with Crippen molar-refractivity contribution in [2.45, 2.75) is 45.7 Å². The van der Waals surface area contributed by atoms with Gasteiger partial charge in [0, 0.05) is 37.2 Å². The van der Waals surface area contributed by atoms with E-state index in [0.29, 0.717) is 0 Å². The van der Waals surface area contributed by atoms with Crippen molar-refractivity contribution in [3.8, 4) is 0 Å². The summed E-state index contributed by atoms with van der Waals surface area (Å²) in [5.41, 5.74) is 1.41. The second-order valence-corrected chi connectivity index (χ2v) is 6.80. The van der Waals surface area contributed by atoms with Gasteiger partial charge in [0.1, 0.15) is 0 Å². The summed E-state index contributed by atoms with van der Waals surface area (Å²) in [5.74, 6) is 0. The first-order valence-electron chi connectivity index (χ1n) is 6.98. The number of nitrogens with zero attached hydrogens (tertiary/aromatic N) is 2. The maximum Gasteiger partial charge on any atom is 0.186 e. The van der Waals surface area contributed by atoms with Crippen LogP contribution in [-0.2, 0) is 11.3 Å². The molecule has 2 heterocycles. The summed E-state index contributed by atoms with van der Waals surface area (Å²) in [5, 5.41) is 4.58. The van der Waals surface area contributed by atoms with Crippen LogP contribution in [0.3, 0.4) is 0 Å². The number of anilines is 1. The van der Waals surface area contributed by atoms with Crippen molar-refractivity contribution in [2.24, 2.45) is 0 Å². The molecule has 19 heavy (non-hydrogen) atoms. The van der Waals surface area contributed by atoms with Gasteiger partial charge < -0.3 is 15.0 Å². The molecule has 1 aromatic rings. The van der Waals surface area contributed by atoms with E-state index in [0.717, 1.165) is 31.9 Å². The summed E-state index contributed by atoms with van der Waals surface area (Å²) in [6.07, 6.45) is 2.53. The van der Waals surface area contributed by atoms with Gasteiger partial charge in [0.15, 0.2) is 5.13 Å². The van der Waals surface area contributed by atoms with E-state index in [2.05, 4.69) is 31.0 Å². The topological polar surface area (TPSA) is 37.4 Å². The van der Waals surface area contributed by atoms with E-state index in [9.17, 15) is 0 Å². The summed E-state index contributed by atoms with van der Waals surface area (Å²) < 4.78 is 5.04. The molecule has 1 saturated heterocycles. The van der Waals surface area contributed by atoms with Crippen LogP contribution in [-0.4, -0.2) is 37.3 Å². The zero-order chi connectivity index (χ0) is 13.9. The molecule has 1 fully saturated rings. The lowest BCUT2D eigenvalue weighted by atomic mass is 10.0. The largest absolute Gasteiger partial charge is 0.383 e. The SMILES string of the molecule is COCCNCc1sc(N2CCCC2(C)C)nc1C.